The second-order valence-electron chi connectivity index (χ2n) is 6.11. The van der Waals surface area contributed by atoms with Gasteiger partial charge in [-0.3, -0.25) is 14.8 Å². The van der Waals surface area contributed by atoms with Gasteiger partial charge >= 0.3 is 0 Å². The predicted molar refractivity (Wildman–Crippen MR) is 95.2 cm³/mol. The molecule has 3 heterocycles. The minimum absolute atomic E-state index is 0.0908. The second-order valence-corrected chi connectivity index (χ2v) is 7.52. The van der Waals surface area contributed by atoms with Crippen molar-refractivity contribution in [3.05, 3.63) is 30.1 Å². The SMILES string of the molecule is CC[C@H](C)Sc1ncc(CN2CCN(C(=O)c3ncn[nH]3)CC2)cn1. The third kappa shape index (κ3) is 4.76. The number of piperazine rings is 1. The zero-order valence-corrected chi connectivity index (χ0v) is 15.4. The number of aromatic amines is 1. The monoisotopic (exact) mass is 361 g/mol. The summed E-state index contributed by atoms with van der Waals surface area (Å²) >= 11 is 1.71. The van der Waals surface area contributed by atoms with Crippen molar-refractivity contribution in [3.63, 3.8) is 0 Å². The Balaban J connectivity index is 1.48. The number of nitrogens with one attached hydrogen (secondary N) is 1. The van der Waals surface area contributed by atoms with Crippen LogP contribution in [-0.2, 0) is 6.54 Å². The molecule has 1 atom stereocenters. The number of hydrogen-bond donors (Lipinski definition) is 1. The van der Waals surface area contributed by atoms with E-state index in [9.17, 15) is 4.79 Å². The quantitative estimate of drug-likeness (QED) is 0.615. The Bertz CT molecular complexity index is 668. The van der Waals surface area contributed by atoms with Crippen LogP contribution in [0.4, 0.5) is 0 Å². The number of thioether (sulfide) groups is 1. The van der Waals surface area contributed by atoms with Gasteiger partial charge in [-0.2, -0.15) is 5.10 Å². The number of rotatable bonds is 6. The minimum atomic E-state index is -0.0908. The first kappa shape index (κ1) is 17.8. The number of nitrogens with zero attached hydrogens (tertiary/aromatic N) is 6. The van der Waals surface area contributed by atoms with Crippen molar-refractivity contribution in [1.82, 2.24) is 34.9 Å². The van der Waals surface area contributed by atoms with Crippen LogP contribution < -0.4 is 0 Å². The molecule has 0 aliphatic carbocycles. The zero-order valence-electron chi connectivity index (χ0n) is 14.6. The number of H-pyrrole nitrogens is 1. The molecule has 2 aromatic rings. The highest BCUT2D eigenvalue weighted by Crippen LogP contribution is 2.21. The molecule has 3 rings (SSSR count). The van der Waals surface area contributed by atoms with Crippen LogP contribution in [0.25, 0.3) is 0 Å². The molecule has 1 aliphatic heterocycles. The van der Waals surface area contributed by atoms with Crippen molar-refractivity contribution in [1.29, 1.82) is 0 Å². The molecule has 1 N–H and O–H groups in total. The lowest BCUT2D eigenvalue weighted by Crippen LogP contribution is -2.48. The number of amides is 1. The van der Waals surface area contributed by atoms with Gasteiger partial charge in [-0.1, -0.05) is 25.6 Å². The fraction of sp³-hybridized carbons (Fsp3) is 0.562. The molecule has 134 valence electrons. The molecule has 1 saturated heterocycles. The number of aromatic nitrogens is 5. The van der Waals surface area contributed by atoms with Crippen LogP contribution in [0.1, 0.15) is 36.5 Å². The third-order valence-corrected chi connectivity index (χ3v) is 5.40. The van der Waals surface area contributed by atoms with E-state index in [0.29, 0.717) is 24.2 Å². The summed E-state index contributed by atoms with van der Waals surface area (Å²) in [6.45, 7) is 8.16. The van der Waals surface area contributed by atoms with Gasteiger partial charge in [0, 0.05) is 55.9 Å². The van der Waals surface area contributed by atoms with Crippen molar-refractivity contribution in [2.24, 2.45) is 0 Å². The molecule has 0 saturated carbocycles. The van der Waals surface area contributed by atoms with Crippen molar-refractivity contribution in [3.8, 4) is 0 Å². The number of hydrogen-bond acceptors (Lipinski definition) is 7. The van der Waals surface area contributed by atoms with Crippen LogP contribution in [-0.4, -0.2) is 72.3 Å². The van der Waals surface area contributed by atoms with E-state index in [4.69, 9.17) is 0 Å². The maximum atomic E-state index is 12.2. The zero-order chi connectivity index (χ0) is 17.6. The molecule has 1 fully saturated rings. The molecule has 1 aliphatic rings. The van der Waals surface area contributed by atoms with E-state index in [2.05, 4.69) is 43.9 Å². The van der Waals surface area contributed by atoms with Crippen LogP contribution in [0.15, 0.2) is 23.9 Å². The number of carbonyl (C=O) groups is 1. The average Bonchev–Trinajstić information content (AvgIpc) is 3.18. The van der Waals surface area contributed by atoms with E-state index in [-0.39, 0.29) is 5.91 Å². The molecule has 0 aromatic carbocycles. The lowest BCUT2D eigenvalue weighted by Gasteiger charge is -2.34. The average molecular weight is 361 g/mol. The summed E-state index contributed by atoms with van der Waals surface area (Å²) in [5, 5.41) is 7.72. The highest BCUT2D eigenvalue weighted by atomic mass is 32.2. The molecule has 2 aromatic heterocycles. The molecule has 0 unspecified atom stereocenters. The summed E-state index contributed by atoms with van der Waals surface area (Å²) in [4.78, 5) is 29.2. The van der Waals surface area contributed by atoms with Crippen LogP contribution in [0.3, 0.4) is 0 Å². The Morgan fingerprint density at radius 1 is 1.24 bits per heavy atom. The van der Waals surface area contributed by atoms with E-state index >= 15 is 0 Å². The van der Waals surface area contributed by atoms with E-state index in [0.717, 1.165) is 36.8 Å². The van der Waals surface area contributed by atoms with Gasteiger partial charge < -0.3 is 4.90 Å². The topological polar surface area (TPSA) is 90.9 Å². The molecular formula is C16H23N7OS. The summed E-state index contributed by atoms with van der Waals surface area (Å²) in [6, 6.07) is 0. The smallest absolute Gasteiger partial charge is 0.291 e. The number of carbonyl (C=O) groups excluding carboxylic acids is 1. The first-order chi connectivity index (χ1) is 12.2. The molecule has 25 heavy (non-hydrogen) atoms. The predicted octanol–water partition coefficient (Wildman–Crippen LogP) is 1.44. The third-order valence-electron chi connectivity index (χ3n) is 4.25. The minimum Gasteiger partial charge on any atom is -0.333 e. The maximum absolute atomic E-state index is 12.2. The summed E-state index contributed by atoms with van der Waals surface area (Å²) in [7, 11) is 0. The van der Waals surface area contributed by atoms with E-state index < -0.39 is 0 Å². The van der Waals surface area contributed by atoms with Crippen LogP contribution >= 0.6 is 11.8 Å². The Morgan fingerprint density at radius 3 is 2.56 bits per heavy atom. The first-order valence-electron chi connectivity index (χ1n) is 8.50. The lowest BCUT2D eigenvalue weighted by atomic mass is 10.2. The maximum Gasteiger partial charge on any atom is 0.291 e. The van der Waals surface area contributed by atoms with E-state index in [1.54, 1.807) is 16.7 Å². The van der Waals surface area contributed by atoms with Gasteiger partial charge in [0.15, 0.2) is 5.16 Å². The normalized spacial score (nSPS) is 16.8. The molecule has 0 radical (unpaired) electrons. The second kappa shape index (κ2) is 8.39. The lowest BCUT2D eigenvalue weighted by molar-refractivity contribution is 0.0616. The van der Waals surface area contributed by atoms with Gasteiger partial charge in [-0.25, -0.2) is 15.0 Å². The highest BCUT2D eigenvalue weighted by Gasteiger charge is 2.23. The summed E-state index contributed by atoms with van der Waals surface area (Å²) in [5.41, 5.74) is 1.10. The molecule has 1 amide bonds. The first-order valence-corrected chi connectivity index (χ1v) is 9.38. The van der Waals surface area contributed by atoms with Gasteiger partial charge in [0.25, 0.3) is 5.91 Å². The van der Waals surface area contributed by atoms with Gasteiger partial charge in [0.2, 0.25) is 5.82 Å². The van der Waals surface area contributed by atoms with Gasteiger partial charge in [0.1, 0.15) is 6.33 Å². The van der Waals surface area contributed by atoms with Gasteiger partial charge in [-0.15, -0.1) is 0 Å². The van der Waals surface area contributed by atoms with Gasteiger partial charge in [-0.05, 0) is 6.42 Å². The fourth-order valence-corrected chi connectivity index (χ4v) is 3.33. The Hall–Kier alpha value is -2.00. The largest absolute Gasteiger partial charge is 0.333 e. The molecular weight excluding hydrogens is 338 g/mol. The van der Waals surface area contributed by atoms with Crippen molar-refractivity contribution < 1.29 is 4.79 Å². The highest BCUT2D eigenvalue weighted by molar-refractivity contribution is 7.99. The Labute approximate surface area is 151 Å². The van der Waals surface area contributed by atoms with Crippen molar-refractivity contribution in [2.45, 2.75) is 37.2 Å². The van der Waals surface area contributed by atoms with Gasteiger partial charge in [0.05, 0.1) is 0 Å². The van der Waals surface area contributed by atoms with E-state index in [1.165, 1.54) is 6.33 Å². The van der Waals surface area contributed by atoms with Crippen molar-refractivity contribution in [2.75, 3.05) is 26.2 Å². The fourth-order valence-electron chi connectivity index (χ4n) is 2.57. The van der Waals surface area contributed by atoms with Crippen LogP contribution in [0, 0.1) is 0 Å². The Kier molecular flexibility index (Phi) is 5.98. The Morgan fingerprint density at radius 2 is 1.96 bits per heavy atom. The molecule has 8 nitrogen and oxygen atoms in total. The summed E-state index contributed by atoms with van der Waals surface area (Å²) < 4.78 is 0. The molecule has 0 bridgehead atoms. The summed E-state index contributed by atoms with van der Waals surface area (Å²) in [6.07, 6.45) is 6.27. The standard InChI is InChI=1S/C16H23N7OS/c1-3-12(2)25-16-17-8-13(9-18-16)10-22-4-6-23(7-5-22)15(24)14-19-11-20-21-14/h8-9,11-12H,3-7,10H2,1-2H3,(H,19,20,21)/t12-/m0/s1. The van der Waals surface area contributed by atoms with E-state index in [1.807, 2.05) is 12.4 Å². The molecule has 0 spiro atoms. The summed E-state index contributed by atoms with van der Waals surface area (Å²) in [5.74, 6) is 0.211. The molecule has 9 heteroatoms. The van der Waals surface area contributed by atoms with Crippen LogP contribution in [0.5, 0.6) is 0 Å². The van der Waals surface area contributed by atoms with Crippen molar-refractivity contribution >= 4 is 17.7 Å². The van der Waals surface area contributed by atoms with Crippen LogP contribution in [0.2, 0.25) is 0 Å².